The molecular weight excluding hydrogens is 224 g/mol. The Morgan fingerprint density at radius 1 is 1.17 bits per heavy atom. The largest absolute Gasteiger partial charge is 0.324 e. The Bertz CT molecular complexity index is 523. The van der Waals surface area contributed by atoms with Gasteiger partial charge in [-0.25, -0.2) is 0 Å². The summed E-state index contributed by atoms with van der Waals surface area (Å²) in [5.41, 5.74) is 2.80. The molecule has 0 saturated heterocycles. The minimum atomic E-state index is 0.0231. The van der Waals surface area contributed by atoms with Gasteiger partial charge in [-0.1, -0.05) is 30.3 Å². The first-order chi connectivity index (χ1) is 8.75. The van der Waals surface area contributed by atoms with Crippen LogP contribution in [-0.4, -0.2) is 10.9 Å². The molecule has 0 unspecified atom stereocenters. The van der Waals surface area contributed by atoms with Crippen LogP contribution in [0, 0.1) is 6.92 Å². The Morgan fingerprint density at radius 3 is 2.67 bits per heavy atom. The zero-order valence-electron chi connectivity index (χ0n) is 10.4. The molecule has 1 heterocycles. The Hall–Kier alpha value is -2.16. The number of carbonyl (C=O) groups is 1. The van der Waals surface area contributed by atoms with E-state index in [0.29, 0.717) is 6.42 Å². The summed E-state index contributed by atoms with van der Waals surface area (Å²) in [7, 11) is 0. The lowest BCUT2D eigenvalue weighted by Crippen LogP contribution is -2.13. The van der Waals surface area contributed by atoms with E-state index in [1.54, 1.807) is 6.20 Å². The number of aromatic nitrogens is 1. The molecule has 1 N–H and O–H groups in total. The van der Waals surface area contributed by atoms with Crippen LogP contribution in [0.25, 0.3) is 0 Å². The molecule has 1 aromatic heterocycles. The molecule has 3 nitrogen and oxygen atoms in total. The molecule has 18 heavy (non-hydrogen) atoms. The summed E-state index contributed by atoms with van der Waals surface area (Å²) in [6.45, 7) is 1.88. The van der Waals surface area contributed by atoms with Gasteiger partial charge in [0.05, 0.1) is 11.4 Å². The first kappa shape index (κ1) is 12.3. The van der Waals surface area contributed by atoms with Crippen LogP contribution in [0.2, 0.25) is 0 Å². The number of rotatable bonds is 4. The summed E-state index contributed by atoms with van der Waals surface area (Å²) < 4.78 is 0. The molecule has 3 heteroatoms. The van der Waals surface area contributed by atoms with Gasteiger partial charge in [-0.05, 0) is 31.0 Å². The monoisotopic (exact) mass is 240 g/mol. The van der Waals surface area contributed by atoms with Crippen molar-refractivity contribution in [2.75, 3.05) is 5.32 Å². The molecule has 92 valence electrons. The van der Waals surface area contributed by atoms with Crippen molar-refractivity contribution < 1.29 is 4.79 Å². The fourth-order valence-corrected chi connectivity index (χ4v) is 1.73. The van der Waals surface area contributed by atoms with Gasteiger partial charge in [-0.15, -0.1) is 0 Å². The lowest BCUT2D eigenvalue weighted by molar-refractivity contribution is -0.116. The Balaban J connectivity index is 1.88. The normalized spacial score (nSPS) is 10.1. The highest BCUT2D eigenvalue weighted by Gasteiger charge is 2.05. The van der Waals surface area contributed by atoms with Crippen LogP contribution < -0.4 is 5.32 Å². The minimum Gasteiger partial charge on any atom is -0.324 e. The van der Waals surface area contributed by atoms with E-state index in [0.717, 1.165) is 17.8 Å². The quantitative estimate of drug-likeness (QED) is 0.892. The third-order valence-electron chi connectivity index (χ3n) is 2.76. The maximum absolute atomic E-state index is 11.8. The zero-order valence-corrected chi connectivity index (χ0v) is 10.4. The summed E-state index contributed by atoms with van der Waals surface area (Å²) >= 11 is 0. The van der Waals surface area contributed by atoms with Crippen LogP contribution in [0.4, 0.5) is 5.69 Å². The topological polar surface area (TPSA) is 42.0 Å². The molecule has 0 fully saturated rings. The van der Waals surface area contributed by atoms with Crippen molar-refractivity contribution in [1.29, 1.82) is 0 Å². The van der Waals surface area contributed by atoms with E-state index in [9.17, 15) is 4.79 Å². The van der Waals surface area contributed by atoms with Crippen molar-refractivity contribution in [2.45, 2.75) is 19.8 Å². The van der Waals surface area contributed by atoms with Gasteiger partial charge in [0.1, 0.15) is 0 Å². The van der Waals surface area contributed by atoms with Crippen LogP contribution in [0.1, 0.15) is 17.7 Å². The first-order valence-corrected chi connectivity index (χ1v) is 6.01. The molecule has 0 aliphatic carbocycles. The molecule has 2 rings (SSSR count). The number of nitrogens with zero attached hydrogens (tertiary/aromatic N) is 1. The lowest BCUT2D eigenvalue weighted by Gasteiger charge is -2.07. The minimum absolute atomic E-state index is 0.0231. The maximum Gasteiger partial charge on any atom is 0.224 e. The number of hydrogen-bond acceptors (Lipinski definition) is 2. The number of nitrogens with one attached hydrogen (secondary N) is 1. The number of benzene rings is 1. The molecule has 0 saturated carbocycles. The number of pyridine rings is 1. The zero-order chi connectivity index (χ0) is 12.8. The third kappa shape index (κ3) is 3.42. The predicted molar refractivity (Wildman–Crippen MR) is 72.4 cm³/mol. The molecule has 0 bridgehead atoms. The Labute approximate surface area is 107 Å². The lowest BCUT2D eigenvalue weighted by atomic mass is 10.1. The highest BCUT2D eigenvalue weighted by Crippen LogP contribution is 2.11. The maximum atomic E-state index is 11.8. The second-order valence-corrected chi connectivity index (χ2v) is 4.17. The predicted octanol–water partition coefficient (Wildman–Crippen LogP) is 2.96. The molecule has 0 aliphatic heterocycles. The summed E-state index contributed by atoms with van der Waals surface area (Å²) in [6, 6.07) is 13.7. The standard InChI is InChI=1S/C15H16N2O/c1-12-14(8-5-11-16-12)17-15(18)10-9-13-6-3-2-4-7-13/h2-8,11H,9-10H2,1H3,(H,17,18). The van der Waals surface area contributed by atoms with Gasteiger partial charge in [-0.2, -0.15) is 0 Å². The summed E-state index contributed by atoms with van der Waals surface area (Å²) in [6.07, 6.45) is 2.96. The molecule has 0 spiro atoms. The number of anilines is 1. The average Bonchev–Trinajstić information content (AvgIpc) is 2.40. The number of carbonyl (C=O) groups excluding carboxylic acids is 1. The fraction of sp³-hybridized carbons (Fsp3) is 0.200. The second kappa shape index (κ2) is 5.96. The molecule has 0 radical (unpaired) electrons. The van der Waals surface area contributed by atoms with Gasteiger partial charge in [-0.3, -0.25) is 9.78 Å². The summed E-state index contributed by atoms with van der Waals surface area (Å²) in [5, 5.41) is 2.88. The first-order valence-electron chi connectivity index (χ1n) is 6.01. The average molecular weight is 240 g/mol. The Morgan fingerprint density at radius 2 is 1.94 bits per heavy atom. The molecule has 1 amide bonds. The smallest absolute Gasteiger partial charge is 0.224 e. The van der Waals surface area contributed by atoms with Crippen molar-refractivity contribution in [3.8, 4) is 0 Å². The van der Waals surface area contributed by atoms with Crippen LogP contribution in [0.5, 0.6) is 0 Å². The summed E-state index contributed by atoms with van der Waals surface area (Å²) in [4.78, 5) is 15.9. The number of hydrogen-bond donors (Lipinski definition) is 1. The fourth-order valence-electron chi connectivity index (χ4n) is 1.73. The van der Waals surface area contributed by atoms with Gasteiger partial charge < -0.3 is 5.32 Å². The Kier molecular flexibility index (Phi) is 4.07. The van der Waals surface area contributed by atoms with Crippen molar-refractivity contribution in [1.82, 2.24) is 4.98 Å². The van der Waals surface area contributed by atoms with Crippen molar-refractivity contribution in [3.63, 3.8) is 0 Å². The molecule has 0 aliphatic rings. The molecule has 0 atom stereocenters. The van der Waals surface area contributed by atoms with E-state index in [-0.39, 0.29) is 5.91 Å². The van der Waals surface area contributed by atoms with Crippen molar-refractivity contribution in [2.24, 2.45) is 0 Å². The molecule has 1 aromatic carbocycles. The second-order valence-electron chi connectivity index (χ2n) is 4.17. The van der Waals surface area contributed by atoms with Crippen LogP contribution in [0.15, 0.2) is 48.7 Å². The van der Waals surface area contributed by atoms with Crippen LogP contribution in [-0.2, 0) is 11.2 Å². The van der Waals surface area contributed by atoms with E-state index in [2.05, 4.69) is 10.3 Å². The van der Waals surface area contributed by atoms with E-state index in [1.807, 2.05) is 49.4 Å². The van der Waals surface area contributed by atoms with E-state index >= 15 is 0 Å². The van der Waals surface area contributed by atoms with Crippen LogP contribution >= 0.6 is 0 Å². The highest BCUT2D eigenvalue weighted by molar-refractivity contribution is 5.91. The number of amides is 1. The van der Waals surface area contributed by atoms with E-state index in [4.69, 9.17) is 0 Å². The van der Waals surface area contributed by atoms with E-state index in [1.165, 1.54) is 5.56 Å². The highest BCUT2D eigenvalue weighted by atomic mass is 16.1. The van der Waals surface area contributed by atoms with Crippen molar-refractivity contribution >= 4 is 11.6 Å². The van der Waals surface area contributed by atoms with Crippen LogP contribution in [0.3, 0.4) is 0 Å². The van der Waals surface area contributed by atoms with Gasteiger partial charge in [0.25, 0.3) is 0 Å². The van der Waals surface area contributed by atoms with E-state index < -0.39 is 0 Å². The van der Waals surface area contributed by atoms with Crippen molar-refractivity contribution in [3.05, 3.63) is 59.9 Å². The molecule has 2 aromatic rings. The SMILES string of the molecule is Cc1ncccc1NC(=O)CCc1ccccc1. The van der Waals surface area contributed by atoms with Gasteiger partial charge in [0.15, 0.2) is 0 Å². The molecular formula is C15H16N2O. The van der Waals surface area contributed by atoms with Gasteiger partial charge >= 0.3 is 0 Å². The van der Waals surface area contributed by atoms with Gasteiger partial charge in [0, 0.05) is 12.6 Å². The third-order valence-corrected chi connectivity index (χ3v) is 2.76. The van der Waals surface area contributed by atoms with Gasteiger partial charge in [0.2, 0.25) is 5.91 Å². The summed E-state index contributed by atoms with van der Waals surface area (Å²) in [5.74, 6) is 0.0231. The number of aryl methyl sites for hydroxylation is 2.